The van der Waals surface area contributed by atoms with Gasteiger partial charge in [0.15, 0.2) is 6.61 Å². The van der Waals surface area contributed by atoms with E-state index in [0.717, 1.165) is 5.56 Å². The van der Waals surface area contributed by atoms with Gasteiger partial charge in [0.1, 0.15) is 5.75 Å². The van der Waals surface area contributed by atoms with Crippen LogP contribution in [0, 0.1) is 0 Å². The predicted molar refractivity (Wildman–Crippen MR) is 97.3 cm³/mol. The second kappa shape index (κ2) is 9.87. The van der Waals surface area contributed by atoms with Crippen LogP contribution in [0.4, 0.5) is 10.5 Å². The SMILES string of the molecule is CCNC(=O)COc1ccc(NC(=O)NCc2cccnc2OC)cc1. The van der Waals surface area contributed by atoms with Gasteiger partial charge in [0.05, 0.1) is 7.11 Å². The molecule has 2 rings (SSSR count). The van der Waals surface area contributed by atoms with E-state index in [4.69, 9.17) is 9.47 Å². The van der Waals surface area contributed by atoms with Crippen LogP contribution >= 0.6 is 0 Å². The first-order valence-electron chi connectivity index (χ1n) is 8.14. The average Bonchev–Trinajstić information content (AvgIpc) is 2.66. The lowest BCUT2D eigenvalue weighted by Crippen LogP contribution is -2.28. The largest absolute Gasteiger partial charge is 0.484 e. The molecule has 0 saturated carbocycles. The van der Waals surface area contributed by atoms with Crippen LogP contribution in [0.25, 0.3) is 0 Å². The second-order valence-electron chi connectivity index (χ2n) is 5.25. The van der Waals surface area contributed by atoms with Gasteiger partial charge in [0.2, 0.25) is 5.88 Å². The van der Waals surface area contributed by atoms with E-state index in [1.807, 2.05) is 13.0 Å². The number of carbonyl (C=O) groups excluding carboxylic acids is 2. The van der Waals surface area contributed by atoms with E-state index >= 15 is 0 Å². The molecule has 0 unspecified atom stereocenters. The minimum Gasteiger partial charge on any atom is -0.484 e. The number of pyridine rings is 1. The minimum atomic E-state index is -0.355. The van der Waals surface area contributed by atoms with Gasteiger partial charge in [0, 0.05) is 30.5 Å². The predicted octanol–water partition coefficient (Wildman–Crippen LogP) is 1.93. The number of aromatic nitrogens is 1. The molecule has 0 saturated heterocycles. The summed E-state index contributed by atoms with van der Waals surface area (Å²) in [5.41, 5.74) is 1.38. The Morgan fingerprint density at radius 2 is 1.88 bits per heavy atom. The number of likely N-dealkylation sites (N-methyl/N-ethyl adjacent to an activating group) is 1. The summed E-state index contributed by atoms with van der Waals surface area (Å²) in [6.07, 6.45) is 1.62. The van der Waals surface area contributed by atoms with Crippen LogP contribution in [0.5, 0.6) is 11.6 Å². The van der Waals surface area contributed by atoms with Crippen LogP contribution < -0.4 is 25.4 Å². The lowest BCUT2D eigenvalue weighted by atomic mass is 10.2. The van der Waals surface area contributed by atoms with Crippen molar-refractivity contribution in [1.82, 2.24) is 15.6 Å². The van der Waals surface area contributed by atoms with Gasteiger partial charge < -0.3 is 25.4 Å². The highest BCUT2D eigenvalue weighted by molar-refractivity contribution is 5.89. The minimum absolute atomic E-state index is 0.0476. The topological polar surface area (TPSA) is 102 Å². The van der Waals surface area contributed by atoms with Crippen molar-refractivity contribution in [1.29, 1.82) is 0 Å². The van der Waals surface area contributed by atoms with Gasteiger partial charge in [-0.2, -0.15) is 0 Å². The number of ether oxygens (including phenoxy) is 2. The number of amides is 3. The fourth-order valence-electron chi connectivity index (χ4n) is 2.12. The normalized spacial score (nSPS) is 9.92. The van der Waals surface area contributed by atoms with Crippen molar-refractivity contribution in [2.75, 3.05) is 25.6 Å². The zero-order chi connectivity index (χ0) is 18.8. The summed E-state index contributed by atoms with van der Waals surface area (Å²) in [5, 5.41) is 8.10. The summed E-state index contributed by atoms with van der Waals surface area (Å²) in [6.45, 7) is 2.64. The molecule has 2 aromatic rings. The van der Waals surface area contributed by atoms with E-state index in [9.17, 15) is 9.59 Å². The highest BCUT2D eigenvalue weighted by atomic mass is 16.5. The third-order valence-electron chi connectivity index (χ3n) is 3.34. The highest BCUT2D eigenvalue weighted by Crippen LogP contribution is 2.16. The fraction of sp³-hybridized carbons (Fsp3) is 0.278. The molecular weight excluding hydrogens is 336 g/mol. The molecular formula is C18H22N4O4. The zero-order valence-electron chi connectivity index (χ0n) is 14.7. The van der Waals surface area contributed by atoms with E-state index in [0.29, 0.717) is 23.9 Å². The first kappa shape index (κ1) is 19.0. The number of methoxy groups -OCH3 is 1. The Hall–Kier alpha value is -3.29. The van der Waals surface area contributed by atoms with Gasteiger partial charge in [-0.1, -0.05) is 6.07 Å². The Bertz CT molecular complexity index is 734. The third-order valence-corrected chi connectivity index (χ3v) is 3.34. The first-order chi connectivity index (χ1) is 12.6. The molecule has 1 aromatic carbocycles. The van der Waals surface area contributed by atoms with Gasteiger partial charge in [-0.3, -0.25) is 4.79 Å². The molecule has 0 radical (unpaired) electrons. The summed E-state index contributed by atoms with van der Waals surface area (Å²) < 4.78 is 10.5. The number of benzene rings is 1. The molecule has 138 valence electrons. The summed E-state index contributed by atoms with van der Waals surface area (Å²) >= 11 is 0. The number of urea groups is 1. The Kier molecular flexibility index (Phi) is 7.23. The standard InChI is InChI=1S/C18H22N4O4/c1-3-19-16(23)12-26-15-8-6-14(7-9-15)22-18(24)21-11-13-5-4-10-20-17(13)25-2/h4-10H,3,11-12H2,1-2H3,(H,19,23)(H2,21,22,24). The number of carbonyl (C=O) groups is 2. The smallest absolute Gasteiger partial charge is 0.319 e. The monoisotopic (exact) mass is 358 g/mol. The Labute approximate surface area is 151 Å². The van der Waals surface area contributed by atoms with E-state index in [1.165, 1.54) is 7.11 Å². The van der Waals surface area contributed by atoms with Gasteiger partial charge in [-0.15, -0.1) is 0 Å². The second-order valence-corrected chi connectivity index (χ2v) is 5.25. The molecule has 0 aliphatic heterocycles. The quantitative estimate of drug-likeness (QED) is 0.669. The number of anilines is 1. The average molecular weight is 358 g/mol. The van der Waals surface area contributed by atoms with E-state index in [1.54, 1.807) is 36.5 Å². The van der Waals surface area contributed by atoms with Crippen molar-refractivity contribution in [2.24, 2.45) is 0 Å². The van der Waals surface area contributed by atoms with Gasteiger partial charge >= 0.3 is 6.03 Å². The van der Waals surface area contributed by atoms with Crippen molar-refractivity contribution in [3.8, 4) is 11.6 Å². The number of nitrogens with one attached hydrogen (secondary N) is 3. The lowest BCUT2D eigenvalue weighted by molar-refractivity contribution is -0.122. The maximum absolute atomic E-state index is 12.0. The molecule has 0 spiro atoms. The van der Waals surface area contributed by atoms with Crippen LogP contribution in [0.15, 0.2) is 42.6 Å². The molecule has 1 aromatic heterocycles. The number of rotatable bonds is 8. The summed E-state index contributed by atoms with van der Waals surface area (Å²) in [5.74, 6) is 0.837. The molecule has 8 nitrogen and oxygen atoms in total. The highest BCUT2D eigenvalue weighted by Gasteiger charge is 2.07. The van der Waals surface area contributed by atoms with Gasteiger partial charge in [-0.25, -0.2) is 9.78 Å². The maximum Gasteiger partial charge on any atom is 0.319 e. The van der Waals surface area contributed by atoms with Crippen molar-refractivity contribution in [3.63, 3.8) is 0 Å². The van der Waals surface area contributed by atoms with Crippen LogP contribution in [-0.4, -0.2) is 37.2 Å². The van der Waals surface area contributed by atoms with Gasteiger partial charge in [-0.05, 0) is 37.3 Å². The van der Waals surface area contributed by atoms with Crippen LogP contribution in [0.3, 0.4) is 0 Å². The molecule has 0 aliphatic rings. The lowest BCUT2D eigenvalue weighted by Gasteiger charge is -2.10. The fourth-order valence-corrected chi connectivity index (χ4v) is 2.12. The zero-order valence-corrected chi connectivity index (χ0v) is 14.7. The van der Waals surface area contributed by atoms with Crippen LogP contribution in [0.2, 0.25) is 0 Å². The van der Waals surface area contributed by atoms with Crippen LogP contribution in [-0.2, 0) is 11.3 Å². The summed E-state index contributed by atoms with van der Waals surface area (Å²) in [4.78, 5) is 27.4. The molecule has 26 heavy (non-hydrogen) atoms. The molecule has 1 heterocycles. The van der Waals surface area contributed by atoms with Crippen molar-refractivity contribution >= 4 is 17.6 Å². The molecule has 8 heteroatoms. The van der Waals surface area contributed by atoms with E-state index in [2.05, 4.69) is 20.9 Å². The number of hydrogen-bond acceptors (Lipinski definition) is 5. The van der Waals surface area contributed by atoms with Gasteiger partial charge in [0.25, 0.3) is 5.91 Å². The summed E-state index contributed by atoms with van der Waals surface area (Å²) in [6, 6.07) is 9.99. The molecule has 3 N–H and O–H groups in total. The molecule has 0 atom stereocenters. The van der Waals surface area contributed by atoms with Crippen molar-refractivity contribution < 1.29 is 19.1 Å². The maximum atomic E-state index is 12.0. The molecule has 0 bridgehead atoms. The Morgan fingerprint density at radius 1 is 1.12 bits per heavy atom. The summed E-state index contributed by atoms with van der Waals surface area (Å²) in [7, 11) is 1.53. The first-order valence-corrected chi connectivity index (χ1v) is 8.14. The number of hydrogen-bond donors (Lipinski definition) is 3. The Balaban J connectivity index is 1.80. The van der Waals surface area contributed by atoms with Crippen molar-refractivity contribution in [2.45, 2.75) is 13.5 Å². The molecule has 0 aliphatic carbocycles. The molecule has 0 fully saturated rings. The Morgan fingerprint density at radius 3 is 2.58 bits per heavy atom. The number of nitrogens with zero attached hydrogens (tertiary/aromatic N) is 1. The third kappa shape index (κ3) is 5.97. The van der Waals surface area contributed by atoms with Crippen LogP contribution in [0.1, 0.15) is 12.5 Å². The molecule has 3 amide bonds. The van der Waals surface area contributed by atoms with E-state index in [-0.39, 0.29) is 25.1 Å². The van der Waals surface area contributed by atoms with Crippen molar-refractivity contribution in [3.05, 3.63) is 48.2 Å². The van der Waals surface area contributed by atoms with E-state index < -0.39 is 0 Å².